The Bertz CT molecular complexity index is 377. The van der Waals surface area contributed by atoms with Gasteiger partial charge in [0, 0.05) is 12.2 Å². The summed E-state index contributed by atoms with van der Waals surface area (Å²) in [5.41, 5.74) is 0.870. The molecule has 2 N–H and O–H groups in total. The Morgan fingerprint density at radius 2 is 2.33 bits per heavy atom. The minimum atomic E-state index is 0.0849. The van der Waals surface area contributed by atoms with E-state index in [1.54, 1.807) is 7.11 Å². The van der Waals surface area contributed by atoms with Crippen LogP contribution in [0.2, 0.25) is 0 Å². The van der Waals surface area contributed by atoms with Crippen molar-refractivity contribution in [1.82, 2.24) is 0 Å². The summed E-state index contributed by atoms with van der Waals surface area (Å²) >= 11 is 0. The Labute approximate surface area is 107 Å². The maximum atomic E-state index is 5.92. The first-order valence-electron chi connectivity index (χ1n) is 6.07. The molecule has 0 spiro atoms. The normalized spacial score (nSPS) is 19.6. The van der Waals surface area contributed by atoms with Crippen LogP contribution in [0.4, 0.5) is 0 Å². The van der Waals surface area contributed by atoms with Crippen molar-refractivity contribution in [2.45, 2.75) is 25.6 Å². The van der Waals surface area contributed by atoms with Gasteiger partial charge in [0.15, 0.2) is 11.5 Å². The first kappa shape index (κ1) is 13.1. The van der Waals surface area contributed by atoms with Crippen LogP contribution < -0.4 is 15.4 Å². The van der Waals surface area contributed by atoms with E-state index in [9.17, 15) is 0 Å². The molecule has 5 heteroatoms. The zero-order valence-corrected chi connectivity index (χ0v) is 10.6. The molecule has 0 aromatic heterocycles. The fourth-order valence-electron chi connectivity index (χ4n) is 2.07. The number of nitrogens with two attached hydrogens (primary N) is 1. The predicted molar refractivity (Wildman–Crippen MR) is 66.4 cm³/mol. The first-order chi connectivity index (χ1) is 8.85. The van der Waals surface area contributed by atoms with E-state index < -0.39 is 0 Å². The van der Waals surface area contributed by atoms with Gasteiger partial charge in [0.05, 0.1) is 20.3 Å². The Hall–Kier alpha value is -1.30. The molecule has 1 fully saturated rings. The van der Waals surface area contributed by atoms with E-state index in [1.165, 1.54) is 0 Å². The van der Waals surface area contributed by atoms with Crippen molar-refractivity contribution in [3.05, 3.63) is 23.8 Å². The number of para-hydroxylation sites is 1. The number of methoxy groups -OCH3 is 1. The van der Waals surface area contributed by atoms with Gasteiger partial charge in [0.1, 0.15) is 6.10 Å². The molecule has 1 saturated heterocycles. The van der Waals surface area contributed by atoms with Crippen LogP contribution in [-0.4, -0.2) is 26.4 Å². The maximum Gasteiger partial charge on any atom is 0.166 e. The van der Waals surface area contributed by atoms with E-state index in [-0.39, 0.29) is 6.10 Å². The maximum absolute atomic E-state index is 5.92. The molecule has 1 aromatic rings. The molecule has 1 unspecified atom stereocenters. The predicted octanol–water partition coefficient (Wildman–Crippen LogP) is 1.64. The molecule has 18 heavy (non-hydrogen) atoms. The highest BCUT2D eigenvalue weighted by atomic mass is 16.6. The molecule has 5 nitrogen and oxygen atoms in total. The molecule has 0 bridgehead atoms. The van der Waals surface area contributed by atoms with Gasteiger partial charge in [-0.2, -0.15) is 0 Å². The molecule has 0 saturated carbocycles. The van der Waals surface area contributed by atoms with Gasteiger partial charge in [-0.25, -0.2) is 5.90 Å². The van der Waals surface area contributed by atoms with Crippen LogP contribution in [-0.2, 0) is 16.2 Å². The van der Waals surface area contributed by atoms with Crippen molar-refractivity contribution in [2.24, 2.45) is 5.90 Å². The topological polar surface area (TPSA) is 62.9 Å². The number of ether oxygens (including phenoxy) is 3. The number of hydrogen-bond acceptors (Lipinski definition) is 5. The molecule has 1 atom stereocenters. The van der Waals surface area contributed by atoms with Crippen LogP contribution in [0.3, 0.4) is 0 Å². The third-order valence-electron chi connectivity index (χ3n) is 2.92. The van der Waals surface area contributed by atoms with Crippen LogP contribution >= 0.6 is 0 Å². The summed E-state index contributed by atoms with van der Waals surface area (Å²) < 4.78 is 16.7. The number of hydrogen-bond donors (Lipinski definition) is 1. The van der Waals surface area contributed by atoms with Gasteiger partial charge in [-0.15, -0.1) is 0 Å². The summed E-state index contributed by atoms with van der Waals surface area (Å²) in [6, 6.07) is 5.68. The van der Waals surface area contributed by atoms with Gasteiger partial charge in [-0.1, -0.05) is 12.1 Å². The zero-order valence-electron chi connectivity index (χ0n) is 10.6. The lowest BCUT2D eigenvalue weighted by atomic mass is 10.1. The number of rotatable bonds is 5. The first-order valence-corrected chi connectivity index (χ1v) is 6.07. The molecule has 2 rings (SSSR count). The minimum absolute atomic E-state index is 0.0849. The van der Waals surface area contributed by atoms with Gasteiger partial charge in [-0.3, -0.25) is 4.84 Å². The van der Waals surface area contributed by atoms with E-state index in [4.69, 9.17) is 20.1 Å². The molecule has 0 radical (unpaired) electrons. The van der Waals surface area contributed by atoms with Gasteiger partial charge < -0.3 is 14.2 Å². The summed E-state index contributed by atoms with van der Waals surface area (Å²) in [6.07, 6.45) is 2.11. The van der Waals surface area contributed by atoms with E-state index in [0.717, 1.165) is 25.0 Å². The average Bonchev–Trinajstić information content (AvgIpc) is 2.41. The Kier molecular flexibility index (Phi) is 4.81. The monoisotopic (exact) mass is 253 g/mol. The van der Waals surface area contributed by atoms with Crippen LogP contribution in [0.1, 0.15) is 18.4 Å². The van der Waals surface area contributed by atoms with E-state index in [1.807, 2.05) is 18.2 Å². The van der Waals surface area contributed by atoms with E-state index in [2.05, 4.69) is 4.84 Å². The lowest BCUT2D eigenvalue weighted by Gasteiger charge is -2.24. The van der Waals surface area contributed by atoms with E-state index in [0.29, 0.717) is 24.7 Å². The second-order valence-electron chi connectivity index (χ2n) is 4.22. The third-order valence-corrected chi connectivity index (χ3v) is 2.92. The quantitative estimate of drug-likeness (QED) is 0.808. The van der Waals surface area contributed by atoms with Gasteiger partial charge in [0.2, 0.25) is 0 Å². The van der Waals surface area contributed by atoms with Crippen molar-refractivity contribution < 1.29 is 19.0 Å². The lowest BCUT2D eigenvalue weighted by Crippen LogP contribution is -2.28. The Morgan fingerprint density at radius 3 is 3.00 bits per heavy atom. The van der Waals surface area contributed by atoms with Crippen molar-refractivity contribution >= 4 is 0 Å². The zero-order chi connectivity index (χ0) is 12.8. The Morgan fingerprint density at radius 1 is 1.44 bits per heavy atom. The highest BCUT2D eigenvalue weighted by Crippen LogP contribution is 2.32. The summed E-state index contributed by atoms with van der Waals surface area (Å²) in [4.78, 5) is 4.66. The Balaban J connectivity index is 2.12. The van der Waals surface area contributed by atoms with Crippen molar-refractivity contribution in [3.63, 3.8) is 0 Å². The van der Waals surface area contributed by atoms with Crippen molar-refractivity contribution in [1.29, 1.82) is 0 Å². The summed E-state index contributed by atoms with van der Waals surface area (Å²) in [5.74, 6) is 6.49. The molecule has 0 aliphatic carbocycles. The highest BCUT2D eigenvalue weighted by molar-refractivity contribution is 5.46. The molecule has 0 amide bonds. The van der Waals surface area contributed by atoms with Gasteiger partial charge in [0.25, 0.3) is 0 Å². The molecule has 100 valence electrons. The summed E-state index contributed by atoms with van der Waals surface area (Å²) in [7, 11) is 1.61. The van der Waals surface area contributed by atoms with Gasteiger partial charge >= 0.3 is 0 Å². The van der Waals surface area contributed by atoms with Crippen molar-refractivity contribution in [3.8, 4) is 11.5 Å². The summed E-state index contributed by atoms with van der Waals surface area (Å²) in [6.45, 7) is 1.74. The van der Waals surface area contributed by atoms with Crippen molar-refractivity contribution in [2.75, 3.05) is 20.3 Å². The standard InChI is InChI=1S/C13H19NO4/c1-15-13-10(8-17-14)4-2-6-12(13)18-11-5-3-7-16-9-11/h2,4,6,11H,3,5,7-9,14H2,1H3. The largest absolute Gasteiger partial charge is 0.492 e. The molecular formula is C13H19NO4. The van der Waals surface area contributed by atoms with Crippen LogP contribution in [0.25, 0.3) is 0 Å². The molecule has 1 heterocycles. The van der Waals surface area contributed by atoms with Crippen LogP contribution in [0.5, 0.6) is 11.5 Å². The third kappa shape index (κ3) is 3.13. The van der Waals surface area contributed by atoms with Crippen LogP contribution in [0.15, 0.2) is 18.2 Å². The lowest BCUT2D eigenvalue weighted by molar-refractivity contribution is 0.00625. The summed E-state index contributed by atoms with van der Waals surface area (Å²) in [5, 5.41) is 0. The molecule has 1 aliphatic rings. The fourth-order valence-corrected chi connectivity index (χ4v) is 2.07. The second kappa shape index (κ2) is 6.58. The highest BCUT2D eigenvalue weighted by Gasteiger charge is 2.18. The second-order valence-corrected chi connectivity index (χ2v) is 4.22. The van der Waals surface area contributed by atoms with Crippen LogP contribution in [0, 0.1) is 0 Å². The SMILES string of the molecule is COc1c(CON)cccc1OC1CCCOC1. The molecule has 1 aliphatic heterocycles. The smallest absolute Gasteiger partial charge is 0.166 e. The molecule has 1 aromatic carbocycles. The number of benzene rings is 1. The fraction of sp³-hybridized carbons (Fsp3) is 0.538. The molecular weight excluding hydrogens is 234 g/mol. The van der Waals surface area contributed by atoms with Gasteiger partial charge in [-0.05, 0) is 18.9 Å². The van der Waals surface area contributed by atoms with E-state index >= 15 is 0 Å². The average molecular weight is 253 g/mol. The minimum Gasteiger partial charge on any atom is -0.492 e.